The van der Waals surface area contributed by atoms with Crippen LogP contribution in [-0.4, -0.2) is 24.2 Å². The van der Waals surface area contributed by atoms with E-state index in [1.807, 2.05) is 6.07 Å². The van der Waals surface area contributed by atoms with E-state index in [0.717, 1.165) is 5.76 Å². The molecule has 3 unspecified atom stereocenters. The van der Waals surface area contributed by atoms with Gasteiger partial charge < -0.3 is 19.6 Å². The first-order valence-electron chi connectivity index (χ1n) is 7.58. The molecule has 0 spiro atoms. The molecule has 1 aromatic carbocycles. The number of ether oxygens (including phenoxy) is 1. The van der Waals surface area contributed by atoms with Gasteiger partial charge in [0.25, 0.3) is 0 Å². The molecule has 3 atom stereocenters. The molecule has 2 aromatic rings. The van der Waals surface area contributed by atoms with Crippen LogP contribution in [0.3, 0.4) is 0 Å². The van der Waals surface area contributed by atoms with E-state index in [1.165, 1.54) is 18.2 Å². The molecule has 0 saturated heterocycles. The molecule has 0 bridgehead atoms. The van der Waals surface area contributed by atoms with Crippen molar-refractivity contribution in [3.63, 3.8) is 0 Å². The monoisotopic (exact) mass is 337 g/mol. The van der Waals surface area contributed by atoms with Gasteiger partial charge in [-0.25, -0.2) is 0 Å². The van der Waals surface area contributed by atoms with E-state index < -0.39 is 12.7 Å². The van der Waals surface area contributed by atoms with Crippen molar-refractivity contribution in [2.45, 2.75) is 25.1 Å². The summed E-state index contributed by atoms with van der Waals surface area (Å²) in [5.41, 5.74) is 0.395. The van der Waals surface area contributed by atoms with E-state index in [0.29, 0.717) is 12.0 Å². The average molecular weight is 337 g/mol. The van der Waals surface area contributed by atoms with Crippen LogP contribution in [0.25, 0.3) is 0 Å². The molecule has 24 heavy (non-hydrogen) atoms. The number of amides is 1. The van der Waals surface area contributed by atoms with Gasteiger partial charge in [-0.15, -0.1) is 0 Å². The second-order valence-electron chi connectivity index (χ2n) is 5.68. The van der Waals surface area contributed by atoms with Gasteiger partial charge in [0.15, 0.2) is 0 Å². The maximum atomic E-state index is 12.2. The second kappa shape index (κ2) is 7.00. The number of alkyl halides is 2. The van der Waals surface area contributed by atoms with E-state index in [4.69, 9.17) is 4.42 Å². The molecule has 5 nitrogen and oxygen atoms in total. The first-order valence-corrected chi connectivity index (χ1v) is 7.58. The minimum absolute atomic E-state index is 0.00165. The Kier molecular flexibility index (Phi) is 4.80. The van der Waals surface area contributed by atoms with E-state index in [-0.39, 0.29) is 30.0 Å². The van der Waals surface area contributed by atoms with Crippen LogP contribution >= 0.6 is 0 Å². The Labute approximate surface area is 137 Å². The average Bonchev–Trinajstić information content (AvgIpc) is 3.17. The molecule has 1 aliphatic carbocycles. The Morgan fingerprint density at radius 3 is 2.92 bits per heavy atom. The number of furan rings is 1. The number of carbonyl (C=O) groups is 1. The number of benzene rings is 1. The second-order valence-corrected chi connectivity index (χ2v) is 5.68. The maximum absolute atomic E-state index is 12.2. The molecule has 1 fully saturated rings. The molecule has 1 amide bonds. The Bertz CT molecular complexity index is 690. The Morgan fingerprint density at radius 1 is 1.38 bits per heavy atom. The fraction of sp³-hybridized carbons (Fsp3) is 0.353. The van der Waals surface area contributed by atoms with Gasteiger partial charge >= 0.3 is 6.61 Å². The summed E-state index contributed by atoms with van der Waals surface area (Å²) in [6, 6.07) is 9.40. The van der Waals surface area contributed by atoms with Gasteiger partial charge in [0, 0.05) is 18.4 Å². The summed E-state index contributed by atoms with van der Waals surface area (Å²) in [6.45, 7) is -2.93. The van der Waals surface area contributed by atoms with Crippen molar-refractivity contribution < 1.29 is 27.8 Å². The van der Waals surface area contributed by atoms with Crippen LogP contribution in [0.15, 0.2) is 47.1 Å². The van der Waals surface area contributed by atoms with Crippen LogP contribution in [0, 0.1) is 5.92 Å². The number of nitrogens with one attached hydrogen (secondary N) is 1. The quantitative estimate of drug-likeness (QED) is 0.815. The van der Waals surface area contributed by atoms with Gasteiger partial charge in [0.1, 0.15) is 11.5 Å². The maximum Gasteiger partial charge on any atom is 0.387 e. The van der Waals surface area contributed by atoms with Crippen molar-refractivity contribution in [1.82, 2.24) is 5.32 Å². The molecule has 0 radical (unpaired) electrons. The fourth-order valence-electron chi connectivity index (χ4n) is 2.65. The van der Waals surface area contributed by atoms with Gasteiger partial charge in [-0.3, -0.25) is 4.79 Å². The predicted molar refractivity (Wildman–Crippen MR) is 80.6 cm³/mol. The zero-order chi connectivity index (χ0) is 17.1. The third kappa shape index (κ3) is 3.91. The zero-order valence-corrected chi connectivity index (χ0v) is 12.7. The number of aliphatic hydroxyl groups excluding tert-OH is 1. The summed E-state index contributed by atoms with van der Waals surface area (Å²) in [4.78, 5) is 12.1. The number of hydrogen-bond acceptors (Lipinski definition) is 4. The lowest BCUT2D eigenvalue weighted by molar-refractivity contribution is -0.122. The molecule has 128 valence electrons. The predicted octanol–water partition coefficient (Wildman–Crippen LogP) is 2.83. The first-order chi connectivity index (χ1) is 11.5. The summed E-state index contributed by atoms with van der Waals surface area (Å²) in [5.74, 6) is 0.521. The van der Waals surface area contributed by atoms with E-state index in [2.05, 4.69) is 10.1 Å². The van der Waals surface area contributed by atoms with Gasteiger partial charge in [0.05, 0.1) is 12.4 Å². The fourth-order valence-corrected chi connectivity index (χ4v) is 2.65. The van der Waals surface area contributed by atoms with Crippen molar-refractivity contribution in [3.8, 4) is 5.75 Å². The molecular weight excluding hydrogens is 320 g/mol. The number of hydrogen-bond donors (Lipinski definition) is 2. The Morgan fingerprint density at radius 2 is 2.21 bits per heavy atom. The lowest BCUT2D eigenvalue weighted by atomic mass is 10.1. The van der Waals surface area contributed by atoms with Crippen LogP contribution in [0.4, 0.5) is 8.78 Å². The molecule has 0 aliphatic heterocycles. The third-order valence-electron chi connectivity index (χ3n) is 3.97. The van der Waals surface area contributed by atoms with Crippen LogP contribution in [0.5, 0.6) is 5.75 Å². The molecule has 1 aliphatic rings. The van der Waals surface area contributed by atoms with Crippen molar-refractivity contribution in [1.29, 1.82) is 0 Å². The smallest absolute Gasteiger partial charge is 0.387 e. The number of carbonyl (C=O) groups excluding carboxylic acids is 1. The highest BCUT2D eigenvalue weighted by atomic mass is 19.3. The van der Waals surface area contributed by atoms with Crippen LogP contribution < -0.4 is 10.1 Å². The van der Waals surface area contributed by atoms with Crippen molar-refractivity contribution in [2.24, 2.45) is 5.92 Å². The van der Waals surface area contributed by atoms with Gasteiger partial charge in [-0.2, -0.15) is 8.78 Å². The standard InChI is InChI=1S/C17H17F2NO4/c18-17(19)24-11-4-1-3-10(7-11)14(21)9-20-16(22)13-8-12(13)15-5-2-6-23-15/h1-7,12-14,17,21H,8-9H2,(H,20,22). The van der Waals surface area contributed by atoms with Crippen LogP contribution in [-0.2, 0) is 4.79 Å². The summed E-state index contributed by atoms with van der Waals surface area (Å²) in [7, 11) is 0. The van der Waals surface area contributed by atoms with E-state index >= 15 is 0 Å². The lowest BCUT2D eigenvalue weighted by Gasteiger charge is -2.13. The molecule has 2 N–H and O–H groups in total. The van der Waals surface area contributed by atoms with Gasteiger partial charge in [-0.05, 0) is 36.2 Å². The summed E-state index contributed by atoms with van der Waals surface area (Å²) in [6.07, 6.45) is 1.28. The first kappa shape index (κ1) is 16.4. The highest BCUT2D eigenvalue weighted by Gasteiger charge is 2.45. The summed E-state index contributed by atoms with van der Waals surface area (Å²) >= 11 is 0. The topological polar surface area (TPSA) is 71.7 Å². The molecule has 1 heterocycles. The van der Waals surface area contributed by atoms with Gasteiger partial charge in [-0.1, -0.05) is 12.1 Å². The van der Waals surface area contributed by atoms with Crippen molar-refractivity contribution in [3.05, 3.63) is 54.0 Å². The molecular formula is C17H17F2NO4. The molecule has 7 heteroatoms. The lowest BCUT2D eigenvalue weighted by Crippen LogP contribution is -2.30. The van der Waals surface area contributed by atoms with Gasteiger partial charge in [0.2, 0.25) is 5.91 Å². The number of aliphatic hydroxyl groups is 1. The normalized spacial score (nSPS) is 20.7. The van der Waals surface area contributed by atoms with Crippen molar-refractivity contribution in [2.75, 3.05) is 6.54 Å². The number of halogens is 2. The minimum Gasteiger partial charge on any atom is -0.469 e. The number of rotatable bonds is 7. The largest absolute Gasteiger partial charge is 0.469 e. The van der Waals surface area contributed by atoms with Crippen molar-refractivity contribution >= 4 is 5.91 Å². The SMILES string of the molecule is O=C(NCC(O)c1cccc(OC(F)F)c1)C1CC1c1ccco1. The molecule has 3 rings (SSSR count). The Hall–Kier alpha value is -2.41. The summed E-state index contributed by atoms with van der Waals surface area (Å²) < 4.78 is 34.0. The highest BCUT2D eigenvalue weighted by Crippen LogP contribution is 2.47. The van der Waals surface area contributed by atoms with E-state index in [9.17, 15) is 18.7 Å². The van der Waals surface area contributed by atoms with Crippen LogP contribution in [0.1, 0.15) is 29.8 Å². The molecule has 1 aromatic heterocycles. The molecule has 1 saturated carbocycles. The third-order valence-corrected chi connectivity index (χ3v) is 3.97. The zero-order valence-electron chi connectivity index (χ0n) is 12.7. The van der Waals surface area contributed by atoms with E-state index in [1.54, 1.807) is 18.4 Å². The Balaban J connectivity index is 1.50. The minimum atomic E-state index is -2.93. The highest BCUT2D eigenvalue weighted by molar-refractivity contribution is 5.82. The van der Waals surface area contributed by atoms with Crippen LogP contribution in [0.2, 0.25) is 0 Å². The summed E-state index contributed by atoms with van der Waals surface area (Å²) in [5, 5.41) is 12.8.